The Labute approximate surface area is 105 Å². The third-order valence-corrected chi connectivity index (χ3v) is 3.66. The fourth-order valence-electron chi connectivity index (χ4n) is 2.54. The van der Waals surface area contributed by atoms with Crippen molar-refractivity contribution in [1.29, 1.82) is 0 Å². The molecule has 1 unspecified atom stereocenters. The normalized spacial score (nSPS) is 19.6. The molecule has 0 amide bonds. The van der Waals surface area contributed by atoms with Crippen LogP contribution in [0.2, 0.25) is 0 Å². The predicted octanol–water partition coefficient (Wildman–Crippen LogP) is 3.84. The number of anilines is 1. The van der Waals surface area contributed by atoms with Crippen LogP contribution in [-0.2, 0) is 0 Å². The fraction of sp³-hybridized carbons (Fsp3) is 0.600. The van der Waals surface area contributed by atoms with Crippen molar-refractivity contribution in [3.8, 4) is 0 Å². The van der Waals surface area contributed by atoms with Gasteiger partial charge in [0.1, 0.15) is 0 Å². The number of hydrogen-bond acceptors (Lipinski definition) is 2. The Morgan fingerprint density at radius 1 is 1.06 bits per heavy atom. The van der Waals surface area contributed by atoms with Gasteiger partial charge in [-0.25, -0.2) is 0 Å². The molecule has 0 bridgehead atoms. The summed E-state index contributed by atoms with van der Waals surface area (Å²) in [4.78, 5) is 0. The molecule has 1 saturated carbocycles. The van der Waals surface area contributed by atoms with Gasteiger partial charge in [-0.15, -0.1) is 0 Å². The quantitative estimate of drug-likeness (QED) is 0.777. The molecule has 94 valence electrons. The molecule has 1 aliphatic rings. The Balaban J connectivity index is 1.93. The highest BCUT2D eigenvalue weighted by molar-refractivity contribution is 5.45. The topological polar surface area (TPSA) is 38.0 Å². The summed E-state index contributed by atoms with van der Waals surface area (Å²) in [7, 11) is 0. The van der Waals surface area contributed by atoms with Crippen molar-refractivity contribution in [2.75, 3.05) is 5.32 Å². The lowest BCUT2D eigenvalue weighted by Gasteiger charge is -2.18. The van der Waals surface area contributed by atoms with E-state index in [0.717, 1.165) is 0 Å². The Morgan fingerprint density at radius 2 is 1.65 bits per heavy atom. The maximum Gasteiger partial charge on any atom is 0.0342 e. The van der Waals surface area contributed by atoms with Crippen LogP contribution in [0.3, 0.4) is 0 Å². The highest BCUT2D eigenvalue weighted by atomic mass is 14.9. The Morgan fingerprint density at radius 3 is 2.18 bits per heavy atom. The van der Waals surface area contributed by atoms with Gasteiger partial charge in [0.05, 0.1) is 0 Å². The second-order valence-corrected chi connectivity index (χ2v) is 5.24. The first-order chi connectivity index (χ1) is 8.25. The molecule has 1 aromatic rings. The van der Waals surface area contributed by atoms with Gasteiger partial charge in [-0.1, -0.05) is 37.8 Å². The molecule has 2 nitrogen and oxygen atoms in total. The molecule has 0 spiro atoms. The summed E-state index contributed by atoms with van der Waals surface area (Å²) in [5.41, 5.74) is 8.29. The van der Waals surface area contributed by atoms with Crippen LogP contribution >= 0.6 is 0 Å². The molecule has 0 saturated heterocycles. The molecule has 0 aliphatic heterocycles. The summed E-state index contributed by atoms with van der Waals surface area (Å²) < 4.78 is 0. The molecular formula is C15H24N2. The highest BCUT2D eigenvalue weighted by Gasteiger charge is 2.11. The van der Waals surface area contributed by atoms with Gasteiger partial charge in [0.2, 0.25) is 0 Å². The molecule has 2 rings (SSSR count). The van der Waals surface area contributed by atoms with E-state index in [4.69, 9.17) is 5.73 Å². The van der Waals surface area contributed by atoms with Crippen molar-refractivity contribution in [1.82, 2.24) is 0 Å². The van der Waals surface area contributed by atoms with Gasteiger partial charge in [-0.3, -0.25) is 0 Å². The fourth-order valence-corrected chi connectivity index (χ4v) is 2.54. The van der Waals surface area contributed by atoms with Crippen molar-refractivity contribution >= 4 is 5.69 Å². The van der Waals surface area contributed by atoms with E-state index in [9.17, 15) is 0 Å². The van der Waals surface area contributed by atoms with Crippen molar-refractivity contribution in [3.63, 3.8) is 0 Å². The lowest BCUT2D eigenvalue weighted by atomic mass is 10.1. The van der Waals surface area contributed by atoms with Crippen LogP contribution in [0.4, 0.5) is 5.69 Å². The van der Waals surface area contributed by atoms with Crippen LogP contribution in [0.15, 0.2) is 24.3 Å². The SMILES string of the molecule is CC(N)c1ccc(NC2CCCCCC2)cc1. The maximum atomic E-state index is 5.85. The average Bonchev–Trinajstić information content (AvgIpc) is 2.58. The lowest BCUT2D eigenvalue weighted by molar-refractivity contribution is 0.620. The van der Waals surface area contributed by atoms with Crippen LogP contribution < -0.4 is 11.1 Å². The molecule has 0 aromatic heterocycles. The Kier molecular flexibility index (Phi) is 4.43. The second-order valence-electron chi connectivity index (χ2n) is 5.24. The van der Waals surface area contributed by atoms with Crippen molar-refractivity contribution < 1.29 is 0 Å². The Bertz CT molecular complexity index is 321. The van der Waals surface area contributed by atoms with Crippen LogP contribution in [0, 0.1) is 0 Å². The Hall–Kier alpha value is -1.02. The van der Waals surface area contributed by atoms with Gasteiger partial charge in [-0.05, 0) is 37.5 Å². The van der Waals surface area contributed by atoms with Gasteiger partial charge < -0.3 is 11.1 Å². The first-order valence-electron chi connectivity index (χ1n) is 6.88. The van der Waals surface area contributed by atoms with Gasteiger partial charge >= 0.3 is 0 Å². The minimum atomic E-state index is 0.127. The number of rotatable bonds is 3. The summed E-state index contributed by atoms with van der Waals surface area (Å²) in [6.45, 7) is 2.02. The maximum absolute atomic E-state index is 5.85. The first kappa shape index (κ1) is 12.4. The van der Waals surface area contributed by atoms with E-state index >= 15 is 0 Å². The predicted molar refractivity (Wildman–Crippen MR) is 74.2 cm³/mol. The van der Waals surface area contributed by atoms with Gasteiger partial charge in [-0.2, -0.15) is 0 Å². The number of nitrogens with one attached hydrogen (secondary N) is 1. The third-order valence-electron chi connectivity index (χ3n) is 3.66. The van der Waals surface area contributed by atoms with E-state index in [1.54, 1.807) is 0 Å². The summed E-state index contributed by atoms with van der Waals surface area (Å²) in [5, 5.41) is 3.65. The standard InChI is InChI=1S/C15H24N2/c1-12(16)13-8-10-15(11-9-13)17-14-6-4-2-3-5-7-14/h8-12,14,17H,2-7,16H2,1H3. The molecule has 0 heterocycles. The van der Waals surface area contributed by atoms with Gasteiger partial charge in [0, 0.05) is 17.8 Å². The molecular weight excluding hydrogens is 208 g/mol. The van der Waals surface area contributed by atoms with Gasteiger partial charge in [0.15, 0.2) is 0 Å². The summed E-state index contributed by atoms with van der Waals surface area (Å²) in [6, 6.07) is 9.36. The van der Waals surface area contributed by atoms with E-state index in [0.29, 0.717) is 6.04 Å². The van der Waals surface area contributed by atoms with Crippen LogP contribution in [0.5, 0.6) is 0 Å². The third kappa shape index (κ3) is 3.74. The molecule has 1 aromatic carbocycles. The van der Waals surface area contributed by atoms with Crippen LogP contribution in [-0.4, -0.2) is 6.04 Å². The molecule has 3 N–H and O–H groups in total. The lowest BCUT2D eigenvalue weighted by Crippen LogP contribution is -2.18. The molecule has 0 radical (unpaired) electrons. The molecule has 2 heteroatoms. The second kappa shape index (κ2) is 6.06. The van der Waals surface area contributed by atoms with Crippen molar-refractivity contribution in [3.05, 3.63) is 29.8 Å². The zero-order chi connectivity index (χ0) is 12.1. The van der Waals surface area contributed by atoms with Gasteiger partial charge in [0.25, 0.3) is 0 Å². The van der Waals surface area contributed by atoms with E-state index in [1.165, 1.54) is 49.8 Å². The number of benzene rings is 1. The summed E-state index contributed by atoms with van der Waals surface area (Å²) in [6.07, 6.45) is 8.18. The van der Waals surface area contributed by atoms with Crippen LogP contribution in [0.25, 0.3) is 0 Å². The molecule has 17 heavy (non-hydrogen) atoms. The molecule has 1 fully saturated rings. The van der Waals surface area contributed by atoms with Crippen molar-refractivity contribution in [2.24, 2.45) is 5.73 Å². The largest absolute Gasteiger partial charge is 0.382 e. The van der Waals surface area contributed by atoms with Crippen molar-refractivity contribution in [2.45, 2.75) is 57.5 Å². The zero-order valence-electron chi connectivity index (χ0n) is 10.8. The summed E-state index contributed by atoms with van der Waals surface area (Å²) >= 11 is 0. The number of hydrogen-bond donors (Lipinski definition) is 2. The minimum absolute atomic E-state index is 0.127. The summed E-state index contributed by atoms with van der Waals surface area (Å²) in [5.74, 6) is 0. The average molecular weight is 232 g/mol. The highest BCUT2D eigenvalue weighted by Crippen LogP contribution is 2.22. The minimum Gasteiger partial charge on any atom is -0.382 e. The van der Waals surface area contributed by atoms with Crippen LogP contribution in [0.1, 0.15) is 57.1 Å². The van der Waals surface area contributed by atoms with E-state index < -0.39 is 0 Å². The van der Waals surface area contributed by atoms with E-state index in [2.05, 4.69) is 29.6 Å². The zero-order valence-corrected chi connectivity index (χ0v) is 10.8. The van der Waals surface area contributed by atoms with E-state index in [1.807, 2.05) is 6.92 Å². The molecule has 1 aliphatic carbocycles. The first-order valence-corrected chi connectivity index (χ1v) is 6.88. The smallest absolute Gasteiger partial charge is 0.0342 e. The number of nitrogens with two attached hydrogens (primary N) is 1. The monoisotopic (exact) mass is 232 g/mol. The molecule has 1 atom stereocenters. The van der Waals surface area contributed by atoms with E-state index in [-0.39, 0.29) is 6.04 Å².